The molecule has 0 saturated carbocycles. The molecule has 1 aromatic heterocycles. The van der Waals surface area contributed by atoms with Gasteiger partial charge in [0.2, 0.25) is 5.82 Å². The lowest BCUT2D eigenvalue weighted by molar-refractivity contribution is 0.0570. The number of likely N-dealkylation sites (N-methyl/N-ethyl adjacent to an activating group) is 1. The first-order chi connectivity index (χ1) is 8.80. The molecule has 0 spiro atoms. The van der Waals surface area contributed by atoms with Gasteiger partial charge in [-0.1, -0.05) is 20.8 Å². The van der Waals surface area contributed by atoms with Crippen LogP contribution in [0.5, 0.6) is 0 Å². The molecule has 1 aromatic rings. The van der Waals surface area contributed by atoms with Crippen molar-refractivity contribution in [2.24, 2.45) is 0 Å². The number of hydrogen-bond acceptors (Lipinski definition) is 5. The number of aliphatic hydroxyl groups excluding tert-OH is 1. The third-order valence-electron chi connectivity index (χ3n) is 3.36. The van der Waals surface area contributed by atoms with Crippen LogP contribution >= 0.6 is 0 Å². The lowest BCUT2D eigenvalue weighted by atomic mass is 9.96. The van der Waals surface area contributed by atoms with Crippen LogP contribution in [0.3, 0.4) is 0 Å². The molecule has 2 atom stereocenters. The maximum Gasteiger partial charge on any atom is 0.293 e. The van der Waals surface area contributed by atoms with Crippen molar-refractivity contribution in [2.45, 2.75) is 38.3 Å². The molecular weight excluding hydrogens is 246 g/mol. The van der Waals surface area contributed by atoms with E-state index < -0.39 is 6.10 Å². The third kappa shape index (κ3) is 2.76. The predicted octanol–water partition coefficient (Wildman–Crippen LogP) is -0.493. The third-order valence-corrected chi connectivity index (χ3v) is 3.36. The van der Waals surface area contributed by atoms with E-state index >= 15 is 0 Å². The molecule has 7 nitrogen and oxygen atoms in total. The van der Waals surface area contributed by atoms with Gasteiger partial charge in [0.1, 0.15) is 5.82 Å². The van der Waals surface area contributed by atoms with Gasteiger partial charge in [-0.25, -0.2) is 4.98 Å². The molecule has 0 aliphatic carbocycles. The fourth-order valence-electron chi connectivity index (χ4n) is 2.05. The number of H-pyrrole nitrogens is 1. The molecule has 2 heterocycles. The van der Waals surface area contributed by atoms with Gasteiger partial charge in [0, 0.05) is 25.6 Å². The highest BCUT2D eigenvalue weighted by atomic mass is 16.3. The van der Waals surface area contributed by atoms with Crippen molar-refractivity contribution in [3.8, 4) is 0 Å². The Morgan fingerprint density at radius 2 is 2.11 bits per heavy atom. The molecule has 1 saturated heterocycles. The Morgan fingerprint density at radius 3 is 2.58 bits per heavy atom. The normalized spacial score (nSPS) is 23.6. The summed E-state index contributed by atoms with van der Waals surface area (Å²) >= 11 is 0. The van der Waals surface area contributed by atoms with Crippen LogP contribution in [-0.2, 0) is 5.41 Å². The summed E-state index contributed by atoms with van der Waals surface area (Å²) in [6.45, 7) is 7.08. The smallest absolute Gasteiger partial charge is 0.293 e. The van der Waals surface area contributed by atoms with Crippen LogP contribution < -0.4 is 5.32 Å². The summed E-state index contributed by atoms with van der Waals surface area (Å²) in [4.78, 5) is 18.0. The molecule has 2 rings (SSSR count). The fourth-order valence-corrected chi connectivity index (χ4v) is 2.05. The van der Waals surface area contributed by atoms with Crippen LogP contribution in [0.25, 0.3) is 0 Å². The second kappa shape index (κ2) is 4.90. The molecule has 1 aliphatic rings. The molecule has 7 heteroatoms. The van der Waals surface area contributed by atoms with Gasteiger partial charge in [0.25, 0.3) is 5.91 Å². The van der Waals surface area contributed by atoms with Gasteiger partial charge in [0.05, 0.1) is 12.1 Å². The molecule has 0 radical (unpaired) electrons. The van der Waals surface area contributed by atoms with Crippen LogP contribution in [0.15, 0.2) is 0 Å². The lowest BCUT2D eigenvalue weighted by Crippen LogP contribution is -2.44. The van der Waals surface area contributed by atoms with Crippen molar-refractivity contribution in [1.29, 1.82) is 0 Å². The van der Waals surface area contributed by atoms with E-state index in [1.165, 1.54) is 4.90 Å². The number of amides is 1. The number of nitrogens with one attached hydrogen (secondary N) is 2. The second-order valence-electron chi connectivity index (χ2n) is 5.97. The van der Waals surface area contributed by atoms with E-state index in [4.69, 9.17) is 0 Å². The minimum Gasteiger partial charge on any atom is -0.390 e. The highest BCUT2D eigenvalue weighted by Crippen LogP contribution is 2.18. The highest BCUT2D eigenvalue weighted by molar-refractivity contribution is 5.90. The molecule has 1 aliphatic heterocycles. The highest BCUT2D eigenvalue weighted by Gasteiger charge is 2.33. The fraction of sp³-hybridized carbons (Fsp3) is 0.750. The van der Waals surface area contributed by atoms with Gasteiger partial charge < -0.3 is 15.3 Å². The van der Waals surface area contributed by atoms with Crippen molar-refractivity contribution < 1.29 is 9.90 Å². The largest absolute Gasteiger partial charge is 0.390 e. The Labute approximate surface area is 112 Å². The summed E-state index contributed by atoms with van der Waals surface area (Å²) in [5.74, 6) is 0.542. The first-order valence-corrected chi connectivity index (χ1v) is 6.39. The summed E-state index contributed by atoms with van der Waals surface area (Å²) < 4.78 is 0. The molecule has 106 valence electrons. The van der Waals surface area contributed by atoms with Crippen molar-refractivity contribution in [3.63, 3.8) is 0 Å². The van der Waals surface area contributed by atoms with Gasteiger partial charge in [-0.15, -0.1) is 5.10 Å². The van der Waals surface area contributed by atoms with E-state index in [1.54, 1.807) is 7.05 Å². The monoisotopic (exact) mass is 267 g/mol. The van der Waals surface area contributed by atoms with Crippen LogP contribution in [0.1, 0.15) is 37.2 Å². The topological polar surface area (TPSA) is 94.1 Å². The quantitative estimate of drug-likeness (QED) is 0.672. The Bertz CT molecular complexity index is 465. The predicted molar refractivity (Wildman–Crippen MR) is 69.8 cm³/mol. The first kappa shape index (κ1) is 14.0. The Kier molecular flexibility index (Phi) is 3.60. The number of carbonyl (C=O) groups is 1. The molecule has 19 heavy (non-hydrogen) atoms. The Hall–Kier alpha value is -1.47. The molecule has 0 bridgehead atoms. The summed E-state index contributed by atoms with van der Waals surface area (Å²) in [6.07, 6.45) is -0.546. The summed E-state index contributed by atoms with van der Waals surface area (Å²) in [5, 5.41) is 19.6. The average Bonchev–Trinajstić information content (AvgIpc) is 2.94. The molecule has 1 fully saturated rings. The SMILES string of the molecule is CN(C(=O)c1n[nH]c(C(C)(C)C)n1)[C@H]1CNC[C@@H]1O. The van der Waals surface area contributed by atoms with Crippen molar-refractivity contribution in [2.75, 3.05) is 20.1 Å². The van der Waals surface area contributed by atoms with Gasteiger partial charge in [-0.05, 0) is 0 Å². The van der Waals surface area contributed by atoms with Gasteiger partial charge >= 0.3 is 0 Å². The minimum atomic E-state index is -0.546. The standard InChI is InChI=1S/C12H21N5O2/c1-12(2,3)11-14-9(15-16-11)10(19)17(4)7-5-13-6-8(7)18/h7-8,13,18H,5-6H2,1-4H3,(H,14,15,16)/t7-,8-/m0/s1. The van der Waals surface area contributed by atoms with Gasteiger partial charge in [-0.2, -0.15) is 0 Å². The molecule has 1 amide bonds. The van der Waals surface area contributed by atoms with E-state index in [1.807, 2.05) is 20.8 Å². The summed E-state index contributed by atoms with van der Waals surface area (Å²) in [5.41, 5.74) is -0.182. The van der Waals surface area contributed by atoms with E-state index in [9.17, 15) is 9.90 Å². The van der Waals surface area contributed by atoms with Crippen molar-refractivity contribution in [1.82, 2.24) is 25.4 Å². The number of carbonyl (C=O) groups excluding carboxylic acids is 1. The van der Waals surface area contributed by atoms with E-state index in [0.717, 1.165) is 0 Å². The second-order valence-corrected chi connectivity index (χ2v) is 5.97. The number of aromatic amines is 1. The lowest BCUT2D eigenvalue weighted by Gasteiger charge is -2.25. The Balaban J connectivity index is 2.13. The number of nitrogens with zero attached hydrogens (tertiary/aromatic N) is 3. The number of hydrogen-bond donors (Lipinski definition) is 3. The van der Waals surface area contributed by atoms with Crippen molar-refractivity contribution >= 4 is 5.91 Å². The maximum atomic E-state index is 12.3. The van der Waals surface area contributed by atoms with Crippen LogP contribution in [0, 0.1) is 0 Å². The number of β-amino-alcohol motifs (C(OH)–C–C–N with tert-alkyl or cyclic N) is 1. The molecule has 0 unspecified atom stereocenters. The summed E-state index contributed by atoms with van der Waals surface area (Å²) in [6, 6.07) is -0.232. The number of rotatable bonds is 2. The molecular formula is C12H21N5O2. The van der Waals surface area contributed by atoms with E-state index in [-0.39, 0.29) is 23.2 Å². The maximum absolute atomic E-state index is 12.3. The molecule has 0 aromatic carbocycles. The number of aliphatic hydroxyl groups is 1. The van der Waals surface area contributed by atoms with E-state index in [0.29, 0.717) is 18.9 Å². The van der Waals surface area contributed by atoms with E-state index in [2.05, 4.69) is 20.5 Å². The van der Waals surface area contributed by atoms with Crippen LogP contribution in [-0.4, -0.2) is 63.4 Å². The van der Waals surface area contributed by atoms with Crippen LogP contribution in [0.4, 0.5) is 0 Å². The zero-order valence-electron chi connectivity index (χ0n) is 11.8. The first-order valence-electron chi connectivity index (χ1n) is 6.39. The molecule has 3 N–H and O–H groups in total. The number of aromatic nitrogens is 3. The van der Waals surface area contributed by atoms with Crippen molar-refractivity contribution in [3.05, 3.63) is 11.6 Å². The zero-order valence-corrected chi connectivity index (χ0v) is 11.8. The average molecular weight is 267 g/mol. The minimum absolute atomic E-state index is 0.145. The van der Waals surface area contributed by atoms with Gasteiger partial charge in [0.15, 0.2) is 0 Å². The van der Waals surface area contributed by atoms with Crippen LogP contribution in [0.2, 0.25) is 0 Å². The van der Waals surface area contributed by atoms with Gasteiger partial charge in [-0.3, -0.25) is 9.89 Å². The zero-order chi connectivity index (χ0) is 14.2. The summed E-state index contributed by atoms with van der Waals surface area (Å²) in [7, 11) is 1.66. The Morgan fingerprint density at radius 1 is 1.42 bits per heavy atom.